The van der Waals surface area contributed by atoms with E-state index in [0.717, 1.165) is 9.13 Å². The first-order valence-electron chi connectivity index (χ1n) is 6.70. The predicted octanol–water partition coefficient (Wildman–Crippen LogP) is 4.11. The molecule has 0 unspecified atom stereocenters. The van der Waals surface area contributed by atoms with E-state index < -0.39 is 5.97 Å². The lowest BCUT2D eigenvalue weighted by molar-refractivity contribution is 0.0724. The molecule has 0 N–H and O–H groups in total. The molecule has 23 heavy (non-hydrogen) atoms. The molecule has 0 aliphatic rings. The molecule has 0 saturated heterocycles. The smallest absolute Gasteiger partial charge is 0.345 e. The first-order chi connectivity index (χ1) is 11.1. The summed E-state index contributed by atoms with van der Waals surface area (Å²) in [6.45, 7) is 0. The molecule has 114 valence electrons. The summed E-state index contributed by atoms with van der Waals surface area (Å²) < 4.78 is 18.9. The van der Waals surface area contributed by atoms with Crippen molar-refractivity contribution in [1.29, 1.82) is 0 Å². The molecule has 0 spiro atoms. The van der Waals surface area contributed by atoms with E-state index in [4.69, 9.17) is 4.74 Å². The van der Waals surface area contributed by atoms with E-state index >= 15 is 0 Å². The van der Waals surface area contributed by atoms with Gasteiger partial charge in [0.2, 0.25) is 5.88 Å². The standard InChI is InChI=1S/C17H10FIN2O2/c18-12-7-5-11(6-8-12)15-9-10-16(21-20-15)23-17(22)13-3-1-2-4-14(13)19/h1-10H. The fourth-order valence-electron chi connectivity index (χ4n) is 1.93. The highest BCUT2D eigenvalue weighted by molar-refractivity contribution is 14.1. The molecule has 0 amide bonds. The Hall–Kier alpha value is -2.35. The molecule has 0 radical (unpaired) electrons. The second kappa shape index (κ2) is 6.82. The van der Waals surface area contributed by atoms with Gasteiger partial charge in [-0.05, 0) is 65.1 Å². The number of carbonyl (C=O) groups excluding carboxylic acids is 1. The minimum atomic E-state index is -0.487. The molecule has 1 aromatic heterocycles. The van der Waals surface area contributed by atoms with Gasteiger partial charge in [-0.2, -0.15) is 0 Å². The average molecular weight is 420 g/mol. The lowest BCUT2D eigenvalue weighted by atomic mass is 10.1. The molecular formula is C17H10FIN2O2. The van der Waals surface area contributed by atoms with Gasteiger partial charge >= 0.3 is 5.97 Å². The van der Waals surface area contributed by atoms with Crippen LogP contribution in [0.1, 0.15) is 10.4 Å². The number of ether oxygens (including phenoxy) is 1. The van der Waals surface area contributed by atoms with Gasteiger partial charge in [-0.1, -0.05) is 12.1 Å². The number of benzene rings is 2. The van der Waals surface area contributed by atoms with E-state index in [0.29, 0.717) is 11.3 Å². The summed E-state index contributed by atoms with van der Waals surface area (Å²) in [5.41, 5.74) is 1.77. The summed E-state index contributed by atoms with van der Waals surface area (Å²) in [4.78, 5) is 12.1. The van der Waals surface area contributed by atoms with Crippen molar-refractivity contribution in [3.63, 3.8) is 0 Å². The monoisotopic (exact) mass is 420 g/mol. The topological polar surface area (TPSA) is 52.1 Å². The highest BCUT2D eigenvalue weighted by Crippen LogP contribution is 2.19. The van der Waals surface area contributed by atoms with Gasteiger partial charge in [0.05, 0.1) is 11.3 Å². The van der Waals surface area contributed by atoms with Crippen molar-refractivity contribution in [1.82, 2.24) is 10.2 Å². The molecule has 0 saturated carbocycles. The van der Waals surface area contributed by atoms with Crippen molar-refractivity contribution in [2.75, 3.05) is 0 Å². The van der Waals surface area contributed by atoms with Crippen LogP contribution in [0.4, 0.5) is 4.39 Å². The van der Waals surface area contributed by atoms with Crippen LogP contribution in [0.3, 0.4) is 0 Å². The normalized spacial score (nSPS) is 10.3. The molecule has 3 rings (SSSR count). The number of aromatic nitrogens is 2. The number of nitrogens with zero attached hydrogens (tertiary/aromatic N) is 2. The lowest BCUT2D eigenvalue weighted by Gasteiger charge is -2.05. The van der Waals surface area contributed by atoms with Gasteiger partial charge in [-0.3, -0.25) is 0 Å². The highest BCUT2D eigenvalue weighted by atomic mass is 127. The van der Waals surface area contributed by atoms with Crippen molar-refractivity contribution in [3.05, 3.63) is 75.6 Å². The summed E-state index contributed by atoms with van der Waals surface area (Å²) in [5.74, 6) is -0.691. The van der Waals surface area contributed by atoms with Gasteiger partial charge in [0.1, 0.15) is 5.82 Å². The van der Waals surface area contributed by atoms with Crippen LogP contribution in [0.25, 0.3) is 11.3 Å². The second-order valence-corrected chi connectivity index (χ2v) is 5.80. The molecule has 3 aromatic rings. The largest absolute Gasteiger partial charge is 0.402 e. The third kappa shape index (κ3) is 3.70. The van der Waals surface area contributed by atoms with Crippen molar-refractivity contribution < 1.29 is 13.9 Å². The Morgan fingerprint density at radius 3 is 2.35 bits per heavy atom. The summed E-state index contributed by atoms with van der Waals surface area (Å²) in [7, 11) is 0. The zero-order chi connectivity index (χ0) is 16.2. The van der Waals surface area contributed by atoms with Crippen molar-refractivity contribution in [2.24, 2.45) is 0 Å². The molecule has 2 aromatic carbocycles. The molecule has 0 aliphatic heterocycles. The van der Waals surface area contributed by atoms with Crippen LogP contribution in [0.2, 0.25) is 0 Å². The van der Waals surface area contributed by atoms with Gasteiger partial charge in [0.15, 0.2) is 0 Å². The first kappa shape index (κ1) is 15.5. The van der Waals surface area contributed by atoms with Gasteiger partial charge in [0, 0.05) is 15.2 Å². The third-order valence-electron chi connectivity index (χ3n) is 3.07. The summed E-state index contributed by atoms with van der Waals surface area (Å²) in [6, 6.07) is 16.3. The maximum absolute atomic E-state index is 12.9. The Kier molecular flexibility index (Phi) is 4.61. The maximum Gasteiger partial charge on any atom is 0.345 e. The number of hydrogen-bond donors (Lipinski definition) is 0. The summed E-state index contributed by atoms with van der Waals surface area (Å²) in [5, 5.41) is 7.88. The zero-order valence-corrected chi connectivity index (χ0v) is 13.9. The molecular weight excluding hydrogens is 410 g/mol. The van der Waals surface area contributed by atoms with Gasteiger partial charge in [0.25, 0.3) is 0 Å². The fourth-order valence-corrected chi connectivity index (χ4v) is 2.53. The van der Waals surface area contributed by atoms with E-state index in [1.54, 1.807) is 36.4 Å². The Morgan fingerprint density at radius 1 is 0.957 bits per heavy atom. The minimum absolute atomic E-state index is 0.112. The Bertz CT molecular complexity index is 836. The van der Waals surface area contributed by atoms with Crippen LogP contribution in [0.5, 0.6) is 5.88 Å². The molecule has 1 heterocycles. The van der Waals surface area contributed by atoms with Gasteiger partial charge in [-0.15, -0.1) is 10.2 Å². The summed E-state index contributed by atoms with van der Waals surface area (Å²) in [6.07, 6.45) is 0. The number of hydrogen-bond acceptors (Lipinski definition) is 4. The highest BCUT2D eigenvalue weighted by Gasteiger charge is 2.13. The molecule has 0 aliphatic carbocycles. The van der Waals surface area contributed by atoms with E-state index in [1.807, 2.05) is 12.1 Å². The Morgan fingerprint density at radius 2 is 1.70 bits per heavy atom. The van der Waals surface area contributed by atoms with Crippen LogP contribution in [0.15, 0.2) is 60.7 Å². The SMILES string of the molecule is O=C(Oc1ccc(-c2ccc(F)cc2)nn1)c1ccccc1I. The molecule has 6 heteroatoms. The van der Waals surface area contributed by atoms with Crippen LogP contribution in [-0.4, -0.2) is 16.2 Å². The van der Waals surface area contributed by atoms with E-state index in [1.165, 1.54) is 12.1 Å². The van der Waals surface area contributed by atoms with Gasteiger partial charge < -0.3 is 4.74 Å². The van der Waals surface area contributed by atoms with E-state index in [-0.39, 0.29) is 11.7 Å². The van der Waals surface area contributed by atoms with Crippen molar-refractivity contribution >= 4 is 28.6 Å². The lowest BCUT2D eigenvalue weighted by Crippen LogP contribution is -2.11. The molecule has 0 fully saturated rings. The molecule has 4 nitrogen and oxygen atoms in total. The Labute approximate surface area is 145 Å². The second-order valence-electron chi connectivity index (χ2n) is 4.63. The Balaban J connectivity index is 1.76. The predicted molar refractivity (Wildman–Crippen MR) is 91.5 cm³/mol. The molecule has 0 atom stereocenters. The number of rotatable bonds is 3. The van der Waals surface area contributed by atoms with E-state index in [9.17, 15) is 9.18 Å². The third-order valence-corrected chi connectivity index (χ3v) is 4.01. The number of carbonyl (C=O) groups is 1. The van der Waals surface area contributed by atoms with Crippen molar-refractivity contribution in [2.45, 2.75) is 0 Å². The zero-order valence-electron chi connectivity index (χ0n) is 11.7. The van der Waals surface area contributed by atoms with Crippen molar-refractivity contribution in [3.8, 4) is 17.1 Å². The average Bonchev–Trinajstić information content (AvgIpc) is 2.57. The first-order valence-corrected chi connectivity index (χ1v) is 7.78. The number of esters is 1. The maximum atomic E-state index is 12.9. The van der Waals surface area contributed by atoms with Crippen LogP contribution in [-0.2, 0) is 0 Å². The van der Waals surface area contributed by atoms with Gasteiger partial charge in [-0.25, -0.2) is 9.18 Å². The van der Waals surface area contributed by atoms with Crippen LogP contribution in [0, 0.1) is 9.39 Å². The molecule has 0 bridgehead atoms. The fraction of sp³-hybridized carbons (Fsp3) is 0. The minimum Gasteiger partial charge on any atom is -0.402 e. The van der Waals surface area contributed by atoms with E-state index in [2.05, 4.69) is 32.8 Å². The number of halogens is 2. The summed E-state index contributed by atoms with van der Waals surface area (Å²) >= 11 is 2.07. The quantitative estimate of drug-likeness (QED) is 0.473. The van der Waals surface area contributed by atoms with Crippen LogP contribution >= 0.6 is 22.6 Å². The van der Waals surface area contributed by atoms with Crippen LogP contribution < -0.4 is 4.74 Å².